The van der Waals surface area contributed by atoms with Gasteiger partial charge in [-0.2, -0.15) is 0 Å². The average Bonchev–Trinajstić information content (AvgIpc) is 3.29. The van der Waals surface area contributed by atoms with Crippen LogP contribution in [0.2, 0.25) is 0 Å². The highest BCUT2D eigenvalue weighted by molar-refractivity contribution is 5.88. The summed E-state index contributed by atoms with van der Waals surface area (Å²) >= 11 is 0. The number of nitrogens with zero attached hydrogens (tertiary/aromatic N) is 2. The molecule has 0 unspecified atom stereocenters. The molecule has 4 rings (SSSR count). The van der Waals surface area contributed by atoms with Gasteiger partial charge in [0.2, 0.25) is 11.8 Å². The molecule has 3 aliphatic rings. The molecule has 1 saturated carbocycles. The van der Waals surface area contributed by atoms with Crippen LogP contribution in [0.15, 0.2) is 23.0 Å². The van der Waals surface area contributed by atoms with Crippen molar-refractivity contribution in [2.75, 3.05) is 13.2 Å². The van der Waals surface area contributed by atoms with Gasteiger partial charge in [0.25, 0.3) is 5.56 Å². The van der Waals surface area contributed by atoms with Crippen molar-refractivity contribution in [1.82, 2.24) is 14.8 Å². The number of aliphatic hydroxyl groups is 1. The van der Waals surface area contributed by atoms with Gasteiger partial charge in [-0.1, -0.05) is 31.4 Å². The SMILES string of the molecule is C/C=C\c1ccc2n(c1=O)C[C@H]1[C@H](CO)[C@@H](C(=O)NCC3CCCCC3)N(C(C)=O)[C@@H]21. The molecule has 7 heteroatoms. The normalized spacial score (nSPS) is 28.0. The van der Waals surface area contributed by atoms with E-state index in [1.54, 1.807) is 21.6 Å². The van der Waals surface area contributed by atoms with Crippen molar-refractivity contribution in [3.05, 3.63) is 39.8 Å². The number of rotatable bonds is 5. The van der Waals surface area contributed by atoms with E-state index in [0.717, 1.165) is 18.5 Å². The van der Waals surface area contributed by atoms with Gasteiger partial charge in [-0.25, -0.2) is 0 Å². The lowest BCUT2D eigenvalue weighted by molar-refractivity contribution is -0.140. The summed E-state index contributed by atoms with van der Waals surface area (Å²) < 4.78 is 1.71. The van der Waals surface area contributed by atoms with E-state index in [1.165, 1.54) is 26.2 Å². The molecule has 0 aromatic carbocycles. The third-order valence-corrected chi connectivity index (χ3v) is 7.37. The van der Waals surface area contributed by atoms with Crippen molar-refractivity contribution in [1.29, 1.82) is 0 Å². The van der Waals surface area contributed by atoms with E-state index in [2.05, 4.69) is 5.32 Å². The van der Waals surface area contributed by atoms with Crippen molar-refractivity contribution in [2.24, 2.45) is 17.8 Å². The van der Waals surface area contributed by atoms with Crippen LogP contribution in [0.1, 0.15) is 63.3 Å². The summed E-state index contributed by atoms with van der Waals surface area (Å²) in [5, 5.41) is 13.3. The number of nitrogens with one attached hydrogen (secondary N) is 1. The van der Waals surface area contributed by atoms with Crippen LogP contribution in [0.3, 0.4) is 0 Å². The monoisotopic (exact) mass is 427 g/mol. The van der Waals surface area contributed by atoms with Crippen LogP contribution in [0.4, 0.5) is 0 Å². The summed E-state index contributed by atoms with van der Waals surface area (Å²) in [5.41, 5.74) is 1.26. The van der Waals surface area contributed by atoms with Gasteiger partial charge in [-0.15, -0.1) is 0 Å². The van der Waals surface area contributed by atoms with Gasteiger partial charge in [-0.05, 0) is 37.8 Å². The number of carbonyl (C=O) groups is 2. The van der Waals surface area contributed by atoms with E-state index >= 15 is 0 Å². The number of allylic oxidation sites excluding steroid dienone is 1. The summed E-state index contributed by atoms with van der Waals surface area (Å²) in [6, 6.07) is 2.58. The molecule has 3 heterocycles. The second-order valence-electron chi connectivity index (χ2n) is 9.20. The molecule has 2 N–H and O–H groups in total. The lowest BCUT2D eigenvalue weighted by atomic mass is 9.87. The van der Waals surface area contributed by atoms with Crippen LogP contribution in [-0.2, 0) is 16.1 Å². The van der Waals surface area contributed by atoms with Gasteiger partial charge in [-0.3, -0.25) is 14.4 Å². The van der Waals surface area contributed by atoms with E-state index in [9.17, 15) is 19.5 Å². The zero-order valence-electron chi connectivity index (χ0n) is 18.4. The maximum Gasteiger partial charge on any atom is 0.258 e. The number of amides is 2. The largest absolute Gasteiger partial charge is 0.396 e. The molecule has 31 heavy (non-hydrogen) atoms. The van der Waals surface area contributed by atoms with Crippen LogP contribution >= 0.6 is 0 Å². The average molecular weight is 428 g/mol. The summed E-state index contributed by atoms with van der Waals surface area (Å²) in [5.74, 6) is -0.463. The van der Waals surface area contributed by atoms with Crippen molar-refractivity contribution in [3.63, 3.8) is 0 Å². The molecule has 2 amide bonds. The molecule has 0 spiro atoms. The minimum Gasteiger partial charge on any atom is -0.396 e. The lowest BCUT2D eigenvalue weighted by Gasteiger charge is -2.31. The van der Waals surface area contributed by atoms with E-state index in [4.69, 9.17) is 0 Å². The van der Waals surface area contributed by atoms with Crippen molar-refractivity contribution in [2.45, 2.75) is 64.6 Å². The number of carbonyl (C=O) groups excluding carboxylic acids is 2. The Bertz CT molecular complexity index is 931. The van der Waals surface area contributed by atoms with Gasteiger partial charge < -0.3 is 19.9 Å². The Labute approximate surface area is 183 Å². The van der Waals surface area contributed by atoms with Gasteiger partial charge >= 0.3 is 0 Å². The molecule has 1 saturated heterocycles. The molecule has 2 fully saturated rings. The Hall–Kier alpha value is -2.41. The van der Waals surface area contributed by atoms with Gasteiger partial charge in [0.05, 0.1) is 6.04 Å². The van der Waals surface area contributed by atoms with Crippen LogP contribution in [0.5, 0.6) is 0 Å². The first-order valence-corrected chi connectivity index (χ1v) is 11.5. The second kappa shape index (κ2) is 8.99. The zero-order valence-corrected chi connectivity index (χ0v) is 18.4. The highest BCUT2D eigenvalue weighted by atomic mass is 16.3. The molecule has 0 bridgehead atoms. The number of pyridine rings is 1. The van der Waals surface area contributed by atoms with E-state index in [0.29, 0.717) is 24.6 Å². The van der Waals surface area contributed by atoms with Crippen LogP contribution < -0.4 is 10.9 Å². The van der Waals surface area contributed by atoms with E-state index in [1.807, 2.05) is 19.1 Å². The topological polar surface area (TPSA) is 91.6 Å². The molecule has 7 nitrogen and oxygen atoms in total. The number of fused-ring (bicyclic) bond motifs is 3. The maximum absolute atomic E-state index is 13.2. The van der Waals surface area contributed by atoms with Crippen molar-refractivity contribution in [3.8, 4) is 0 Å². The van der Waals surface area contributed by atoms with Gasteiger partial charge in [0.15, 0.2) is 0 Å². The minimum absolute atomic E-state index is 0.0940. The summed E-state index contributed by atoms with van der Waals surface area (Å²) in [7, 11) is 0. The highest BCUT2D eigenvalue weighted by Crippen LogP contribution is 2.49. The number of likely N-dealkylation sites (tertiary alicyclic amines) is 1. The Morgan fingerprint density at radius 2 is 1.97 bits per heavy atom. The molecule has 2 aliphatic heterocycles. The molecule has 1 aliphatic carbocycles. The molecule has 0 radical (unpaired) electrons. The van der Waals surface area contributed by atoms with Gasteiger partial charge in [0.1, 0.15) is 6.04 Å². The fourth-order valence-electron chi connectivity index (χ4n) is 5.91. The number of aliphatic hydroxyl groups excluding tert-OH is 1. The first-order chi connectivity index (χ1) is 15.0. The van der Waals surface area contributed by atoms with Gasteiger partial charge in [0, 0.05) is 49.7 Å². The Kier molecular flexibility index (Phi) is 6.32. The molecule has 1 aromatic heterocycles. The van der Waals surface area contributed by atoms with Crippen molar-refractivity contribution >= 4 is 17.9 Å². The summed E-state index contributed by atoms with van der Waals surface area (Å²) in [4.78, 5) is 40.4. The fraction of sp³-hybridized carbons (Fsp3) is 0.625. The zero-order chi connectivity index (χ0) is 22.1. The number of hydrogen-bond donors (Lipinski definition) is 2. The van der Waals surface area contributed by atoms with E-state index in [-0.39, 0.29) is 35.9 Å². The summed E-state index contributed by atoms with van der Waals surface area (Å²) in [6.45, 7) is 4.16. The summed E-state index contributed by atoms with van der Waals surface area (Å²) in [6.07, 6.45) is 9.51. The Balaban J connectivity index is 1.62. The predicted molar refractivity (Wildman–Crippen MR) is 118 cm³/mol. The highest BCUT2D eigenvalue weighted by Gasteiger charge is 2.56. The third-order valence-electron chi connectivity index (χ3n) is 7.37. The van der Waals surface area contributed by atoms with E-state index < -0.39 is 12.0 Å². The number of aromatic nitrogens is 1. The Morgan fingerprint density at radius 1 is 1.23 bits per heavy atom. The minimum atomic E-state index is -0.708. The maximum atomic E-state index is 13.2. The smallest absolute Gasteiger partial charge is 0.258 e. The lowest BCUT2D eigenvalue weighted by Crippen LogP contribution is -2.50. The molecular formula is C24H33N3O4. The Morgan fingerprint density at radius 3 is 2.61 bits per heavy atom. The molecular weight excluding hydrogens is 394 g/mol. The predicted octanol–water partition coefficient (Wildman–Crippen LogP) is 2.09. The van der Waals surface area contributed by atoms with Crippen LogP contribution in [0, 0.1) is 17.8 Å². The fourth-order valence-corrected chi connectivity index (χ4v) is 5.91. The first kappa shape index (κ1) is 21.8. The first-order valence-electron chi connectivity index (χ1n) is 11.5. The standard InChI is InChI=1S/C24H33N3O4/c1-3-7-17-10-11-20-21-18(13-26(20)24(17)31)19(14-28)22(27(21)15(2)29)23(30)25-12-16-8-5-4-6-9-16/h3,7,10-11,16,18-19,21-22,28H,4-6,8-9,12-14H2,1-2H3,(H,25,30)/b7-3-/t18-,19-,21+,22-/m0/s1. The van der Waals surface area contributed by atoms with Crippen LogP contribution in [-0.4, -0.2) is 45.6 Å². The quantitative estimate of drug-likeness (QED) is 0.753. The third kappa shape index (κ3) is 3.84. The van der Waals surface area contributed by atoms with Crippen LogP contribution in [0.25, 0.3) is 6.08 Å². The second-order valence-corrected chi connectivity index (χ2v) is 9.20. The van der Waals surface area contributed by atoms with Crippen molar-refractivity contribution < 1.29 is 14.7 Å². The number of hydrogen-bond acceptors (Lipinski definition) is 4. The molecule has 1 aromatic rings. The molecule has 4 atom stereocenters. The molecule has 168 valence electrons.